The van der Waals surface area contributed by atoms with Crippen LogP contribution in [-0.4, -0.2) is 28.4 Å². The highest BCUT2D eigenvalue weighted by Crippen LogP contribution is 2.25. The SMILES string of the molecule is CCOc1ccc(CC(=O)C(=O)O)c([N+](=O)[O-])c1. The molecule has 7 nitrogen and oxygen atoms in total. The van der Waals surface area contributed by atoms with E-state index in [1.54, 1.807) is 6.92 Å². The zero-order valence-corrected chi connectivity index (χ0v) is 9.58. The quantitative estimate of drug-likeness (QED) is 0.463. The highest BCUT2D eigenvalue weighted by atomic mass is 16.6. The number of carbonyl (C=O) groups is 2. The van der Waals surface area contributed by atoms with Crippen molar-refractivity contribution in [2.75, 3.05) is 6.61 Å². The van der Waals surface area contributed by atoms with Crippen molar-refractivity contribution in [3.8, 4) is 5.75 Å². The maximum absolute atomic E-state index is 11.0. The van der Waals surface area contributed by atoms with E-state index in [1.807, 2.05) is 0 Å². The largest absolute Gasteiger partial charge is 0.494 e. The standard InChI is InChI=1S/C11H11NO6/c1-2-18-8-4-3-7(5-10(13)11(14)15)9(6-8)12(16)17/h3-4,6H,2,5H2,1H3,(H,14,15). The number of rotatable bonds is 6. The van der Waals surface area contributed by atoms with Crippen LogP contribution in [0.15, 0.2) is 18.2 Å². The first-order chi connectivity index (χ1) is 8.45. The zero-order chi connectivity index (χ0) is 13.7. The number of nitro groups is 1. The van der Waals surface area contributed by atoms with Gasteiger partial charge in [-0.1, -0.05) is 0 Å². The average molecular weight is 253 g/mol. The van der Waals surface area contributed by atoms with Crippen molar-refractivity contribution < 1.29 is 24.4 Å². The number of hydrogen-bond donors (Lipinski definition) is 1. The van der Waals surface area contributed by atoms with Gasteiger partial charge in [0.2, 0.25) is 5.78 Å². The predicted molar refractivity (Wildman–Crippen MR) is 60.6 cm³/mol. The second kappa shape index (κ2) is 5.76. The van der Waals surface area contributed by atoms with Gasteiger partial charge in [-0.15, -0.1) is 0 Å². The molecule has 0 aliphatic carbocycles. The zero-order valence-electron chi connectivity index (χ0n) is 9.58. The Morgan fingerprint density at radius 1 is 1.44 bits per heavy atom. The molecular weight excluding hydrogens is 242 g/mol. The summed E-state index contributed by atoms with van der Waals surface area (Å²) >= 11 is 0. The van der Waals surface area contributed by atoms with Gasteiger partial charge in [-0.3, -0.25) is 14.9 Å². The molecule has 0 heterocycles. The van der Waals surface area contributed by atoms with E-state index in [-0.39, 0.29) is 11.3 Å². The summed E-state index contributed by atoms with van der Waals surface area (Å²) in [6.45, 7) is 2.08. The lowest BCUT2D eigenvalue weighted by molar-refractivity contribution is -0.385. The third kappa shape index (κ3) is 3.27. The van der Waals surface area contributed by atoms with Gasteiger partial charge in [-0.05, 0) is 19.1 Å². The number of nitro benzene ring substituents is 1. The molecule has 1 aromatic carbocycles. The Kier molecular flexibility index (Phi) is 4.36. The molecule has 7 heteroatoms. The predicted octanol–water partition coefficient (Wildman–Crippen LogP) is 1.19. The summed E-state index contributed by atoms with van der Waals surface area (Å²) in [6.07, 6.45) is -0.516. The van der Waals surface area contributed by atoms with Crippen LogP contribution in [0.2, 0.25) is 0 Å². The number of ketones is 1. The highest BCUT2D eigenvalue weighted by molar-refractivity contribution is 6.33. The lowest BCUT2D eigenvalue weighted by Crippen LogP contribution is -2.15. The molecule has 0 amide bonds. The van der Waals surface area contributed by atoms with Gasteiger partial charge in [0.1, 0.15) is 5.75 Å². The van der Waals surface area contributed by atoms with Crippen molar-refractivity contribution in [2.45, 2.75) is 13.3 Å². The van der Waals surface area contributed by atoms with Crippen LogP contribution in [-0.2, 0) is 16.0 Å². The van der Waals surface area contributed by atoms with E-state index in [0.29, 0.717) is 12.4 Å². The van der Waals surface area contributed by atoms with Gasteiger partial charge < -0.3 is 9.84 Å². The summed E-state index contributed by atoms with van der Waals surface area (Å²) < 4.78 is 5.10. The smallest absolute Gasteiger partial charge is 0.372 e. The number of carbonyl (C=O) groups excluding carboxylic acids is 1. The van der Waals surface area contributed by atoms with E-state index in [1.165, 1.54) is 18.2 Å². The van der Waals surface area contributed by atoms with Gasteiger partial charge in [0.15, 0.2) is 0 Å². The monoisotopic (exact) mass is 253 g/mol. The molecule has 0 aliphatic heterocycles. The maximum Gasteiger partial charge on any atom is 0.372 e. The molecule has 0 spiro atoms. The van der Waals surface area contributed by atoms with E-state index in [4.69, 9.17) is 9.84 Å². The van der Waals surface area contributed by atoms with Crippen molar-refractivity contribution in [3.63, 3.8) is 0 Å². The average Bonchev–Trinajstić information content (AvgIpc) is 2.30. The summed E-state index contributed by atoms with van der Waals surface area (Å²) in [4.78, 5) is 31.6. The number of aliphatic carboxylic acids is 1. The molecular formula is C11H11NO6. The van der Waals surface area contributed by atoms with Crippen LogP contribution in [0.1, 0.15) is 12.5 Å². The molecule has 1 rings (SSSR count). The Bertz CT molecular complexity index is 496. The first kappa shape index (κ1) is 13.6. The number of nitrogens with zero attached hydrogens (tertiary/aromatic N) is 1. The Morgan fingerprint density at radius 3 is 2.61 bits per heavy atom. The minimum Gasteiger partial charge on any atom is -0.494 e. The molecule has 96 valence electrons. The van der Waals surface area contributed by atoms with Crippen LogP contribution < -0.4 is 4.74 Å². The molecule has 0 saturated heterocycles. The molecule has 1 N–H and O–H groups in total. The van der Waals surface area contributed by atoms with E-state index in [0.717, 1.165) is 0 Å². The lowest BCUT2D eigenvalue weighted by atomic mass is 10.1. The summed E-state index contributed by atoms with van der Waals surface area (Å²) in [5.74, 6) is -2.41. The summed E-state index contributed by atoms with van der Waals surface area (Å²) in [6, 6.07) is 3.96. The fraction of sp³-hybridized carbons (Fsp3) is 0.273. The molecule has 18 heavy (non-hydrogen) atoms. The molecule has 0 unspecified atom stereocenters. The number of ether oxygens (including phenoxy) is 1. The van der Waals surface area contributed by atoms with Crippen LogP contribution >= 0.6 is 0 Å². The molecule has 0 aliphatic rings. The van der Waals surface area contributed by atoms with Crippen molar-refractivity contribution in [1.29, 1.82) is 0 Å². The first-order valence-corrected chi connectivity index (χ1v) is 5.12. The van der Waals surface area contributed by atoms with E-state index < -0.39 is 23.1 Å². The Balaban J connectivity index is 3.07. The Morgan fingerprint density at radius 2 is 2.11 bits per heavy atom. The molecule has 0 fully saturated rings. The van der Waals surface area contributed by atoms with Crippen LogP contribution in [0.25, 0.3) is 0 Å². The normalized spacial score (nSPS) is 9.83. The van der Waals surface area contributed by atoms with Gasteiger partial charge in [0.25, 0.3) is 5.69 Å². The number of carboxylic acid groups (broad SMARTS) is 1. The second-order valence-corrected chi connectivity index (χ2v) is 3.39. The number of Topliss-reactive ketones (excluding diaryl/α,β-unsaturated/α-hetero) is 1. The van der Waals surface area contributed by atoms with Crippen molar-refractivity contribution in [1.82, 2.24) is 0 Å². The number of benzene rings is 1. The van der Waals surface area contributed by atoms with Crippen LogP contribution in [0.4, 0.5) is 5.69 Å². The third-order valence-electron chi connectivity index (χ3n) is 2.15. The van der Waals surface area contributed by atoms with Crippen LogP contribution in [0.3, 0.4) is 0 Å². The fourth-order valence-electron chi connectivity index (χ4n) is 1.37. The fourth-order valence-corrected chi connectivity index (χ4v) is 1.37. The van der Waals surface area contributed by atoms with E-state index in [2.05, 4.69) is 0 Å². The summed E-state index contributed by atoms with van der Waals surface area (Å²) in [7, 11) is 0. The Labute approximate surface area is 102 Å². The summed E-state index contributed by atoms with van der Waals surface area (Å²) in [5.41, 5.74) is -0.272. The van der Waals surface area contributed by atoms with Crippen LogP contribution in [0, 0.1) is 10.1 Å². The van der Waals surface area contributed by atoms with E-state index in [9.17, 15) is 19.7 Å². The van der Waals surface area contributed by atoms with Crippen molar-refractivity contribution in [2.24, 2.45) is 0 Å². The second-order valence-electron chi connectivity index (χ2n) is 3.39. The molecule has 0 saturated carbocycles. The third-order valence-corrected chi connectivity index (χ3v) is 2.15. The van der Waals surface area contributed by atoms with Crippen LogP contribution in [0.5, 0.6) is 5.75 Å². The van der Waals surface area contributed by atoms with Crippen molar-refractivity contribution in [3.05, 3.63) is 33.9 Å². The molecule has 0 atom stereocenters. The molecule has 0 bridgehead atoms. The summed E-state index contributed by atoms with van der Waals surface area (Å²) in [5, 5.41) is 19.3. The minimum atomic E-state index is -1.61. The Hall–Kier alpha value is -2.44. The molecule has 0 aromatic heterocycles. The highest BCUT2D eigenvalue weighted by Gasteiger charge is 2.20. The van der Waals surface area contributed by atoms with Gasteiger partial charge in [0.05, 0.1) is 17.6 Å². The van der Waals surface area contributed by atoms with Gasteiger partial charge >= 0.3 is 5.97 Å². The lowest BCUT2D eigenvalue weighted by Gasteiger charge is -2.05. The minimum absolute atomic E-state index is 0.0517. The van der Waals surface area contributed by atoms with Crippen molar-refractivity contribution >= 4 is 17.4 Å². The van der Waals surface area contributed by atoms with Gasteiger partial charge in [0, 0.05) is 12.0 Å². The first-order valence-electron chi connectivity index (χ1n) is 5.12. The topological polar surface area (TPSA) is 107 Å². The number of carboxylic acids is 1. The van der Waals surface area contributed by atoms with E-state index >= 15 is 0 Å². The number of hydrogen-bond acceptors (Lipinski definition) is 5. The maximum atomic E-state index is 11.0. The molecule has 0 radical (unpaired) electrons. The van der Waals surface area contributed by atoms with Gasteiger partial charge in [-0.25, -0.2) is 4.79 Å². The van der Waals surface area contributed by atoms with Gasteiger partial charge in [-0.2, -0.15) is 0 Å². The molecule has 1 aromatic rings.